The summed E-state index contributed by atoms with van der Waals surface area (Å²) in [5.74, 6) is 0.741. The second-order valence-electron chi connectivity index (χ2n) is 10.4. The molecule has 0 fully saturated rings. The topological polar surface area (TPSA) is 95.7 Å². The van der Waals surface area contributed by atoms with Gasteiger partial charge in [-0.15, -0.1) is 6.42 Å². The molecule has 3 rings (SSSR count). The van der Waals surface area contributed by atoms with E-state index in [1.165, 1.54) is 12.1 Å². The summed E-state index contributed by atoms with van der Waals surface area (Å²) < 4.78 is 13.6. The maximum atomic E-state index is 13.7. The lowest BCUT2D eigenvalue weighted by Gasteiger charge is -2.41. The number of benzene rings is 2. The Bertz CT molecular complexity index is 1260. The summed E-state index contributed by atoms with van der Waals surface area (Å²) >= 11 is 0. The van der Waals surface area contributed by atoms with Gasteiger partial charge in [0, 0.05) is 43.2 Å². The Morgan fingerprint density at radius 2 is 1.80 bits per heavy atom. The van der Waals surface area contributed by atoms with Crippen molar-refractivity contribution in [3.63, 3.8) is 0 Å². The minimum absolute atomic E-state index is 0.0364. The van der Waals surface area contributed by atoms with Gasteiger partial charge in [-0.25, -0.2) is 4.39 Å². The number of nitrogens with one attached hydrogen (secondary N) is 1. The predicted molar refractivity (Wildman–Crippen MR) is 156 cm³/mol. The number of nitrogens with two attached hydrogens (primary N) is 1. The van der Waals surface area contributed by atoms with Crippen LogP contribution in [-0.4, -0.2) is 47.6 Å². The van der Waals surface area contributed by atoms with Crippen molar-refractivity contribution in [1.29, 1.82) is 0 Å². The Morgan fingerprint density at radius 3 is 2.40 bits per heavy atom. The summed E-state index contributed by atoms with van der Waals surface area (Å²) in [4.78, 5) is 28.8. The molecule has 0 radical (unpaired) electrons. The first-order chi connectivity index (χ1) is 19.2. The molecular formula is C33H40FN3O3. The number of primary amides is 1. The van der Waals surface area contributed by atoms with Crippen LogP contribution in [0.25, 0.3) is 0 Å². The lowest BCUT2D eigenvalue weighted by Crippen LogP contribution is -2.51. The van der Waals surface area contributed by atoms with Gasteiger partial charge in [0.2, 0.25) is 11.8 Å². The Labute approximate surface area is 237 Å². The first-order valence-electron chi connectivity index (χ1n) is 13.9. The van der Waals surface area contributed by atoms with Gasteiger partial charge in [0.25, 0.3) is 0 Å². The monoisotopic (exact) mass is 545 g/mol. The maximum absolute atomic E-state index is 13.7. The van der Waals surface area contributed by atoms with Gasteiger partial charge in [-0.05, 0) is 55.0 Å². The van der Waals surface area contributed by atoms with Crippen LogP contribution in [-0.2, 0) is 22.6 Å². The van der Waals surface area contributed by atoms with Crippen molar-refractivity contribution < 1.29 is 19.1 Å². The zero-order chi connectivity index (χ0) is 29.1. The van der Waals surface area contributed by atoms with E-state index in [0.29, 0.717) is 37.2 Å². The smallest absolute Gasteiger partial charge is 0.249 e. The molecule has 0 saturated heterocycles. The fraction of sp³-hybridized carbons (Fsp3) is 0.394. The molecule has 1 aliphatic carbocycles. The SMILES string of the molecule is C#CC1=CC(C(N)=O)([C@H](Cc2ccccc2)[C@@H](O)CNCc2cccc(F)c2)CC(C(=O)N(CCC)CCC)=C1. The van der Waals surface area contributed by atoms with Crippen LogP contribution in [0.5, 0.6) is 0 Å². The van der Waals surface area contributed by atoms with Crippen LogP contribution in [0.3, 0.4) is 0 Å². The Hall–Kier alpha value is -3.73. The zero-order valence-corrected chi connectivity index (χ0v) is 23.4. The van der Waals surface area contributed by atoms with E-state index in [9.17, 15) is 19.1 Å². The van der Waals surface area contributed by atoms with E-state index >= 15 is 0 Å². The predicted octanol–water partition coefficient (Wildman–Crippen LogP) is 4.15. The van der Waals surface area contributed by atoms with E-state index in [0.717, 1.165) is 24.0 Å². The van der Waals surface area contributed by atoms with Crippen molar-refractivity contribution in [2.75, 3.05) is 19.6 Å². The van der Waals surface area contributed by atoms with Crippen molar-refractivity contribution in [3.05, 3.63) is 94.8 Å². The molecule has 7 heteroatoms. The molecular weight excluding hydrogens is 505 g/mol. The van der Waals surface area contributed by atoms with Crippen molar-refractivity contribution >= 4 is 11.8 Å². The van der Waals surface area contributed by atoms with E-state index in [1.807, 2.05) is 44.2 Å². The molecule has 0 heterocycles. The van der Waals surface area contributed by atoms with Gasteiger partial charge in [0.1, 0.15) is 5.82 Å². The minimum atomic E-state index is -1.40. The van der Waals surface area contributed by atoms with Crippen molar-refractivity contribution in [1.82, 2.24) is 10.2 Å². The molecule has 0 aliphatic heterocycles. The van der Waals surface area contributed by atoms with E-state index < -0.39 is 23.3 Å². The number of aliphatic hydroxyl groups is 1. The van der Waals surface area contributed by atoms with Crippen molar-refractivity contribution in [2.24, 2.45) is 17.1 Å². The molecule has 0 aromatic heterocycles. The Morgan fingerprint density at radius 1 is 1.12 bits per heavy atom. The number of allylic oxidation sites excluding steroid dienone is 2. The van der Waals surface area contributed by atoms with Gasteiger partial charge in [-0.1, -0.05) is 68.3 Å². The molecule has 2 aromatic rings. The summed E-state index contributed by atoms with van der Waals surface area (Å²) in [6.45, 7) is 5.64. The van der Waals surface area contributed by atoms with Crippen LogP contribution in [0.15, 0.2) is 77.9 Å². The van der Waals surface area contributed by atoms with Gasteiger partial charge < -0.3 is 21.1 Å². The number of terminal acetylenes is 1. The third-order valence-corrected chi connectivity index (χ3v) is 7.40. The average molecular weight is 546 g/mol. The normalized spacial score (nSPS) is 18.2. The van der Waals surface area contributed by atoms with E-state index in [4.69, 9.17) is 12.2 Å². The van der Waals surface area contributed by atoms with Gasteiger partial charge in [-0.3, -0.25) is 9.59 Å². The van der Waals surface area contributed by atoms with Crippen LogP contribution in [0.1, 0.15) is 44.2 Å². The van der Waals surface area contributed by atoms with Gasteiger partial charge in [0.15, 0.2) is 0 Å². The third-order valence-electron chi connectivity index (χ3n) is 7.40. The molecule has 4 N–H and O–H groups in total. The maximum Gasteiger partial charge on any atom is 0.249 e. The van der Waals surface area contributed by atoms with Crippen LogP contribution in [0.2, 0.25) is 0 Å². The lowest BCUT2D eigenvalue weighted by atomic mass is 9.63. The fourth-order valence-electron chi connectivity index (χ4n) is 5.46. The second-order valence-corrected chi connectivity index (χ2v) is 10.4. The number of carbonyl (C=O) groups is 2. The molecule has 3 atom stereocenters. The summed E-state index contributed by atoms with van der Waals surface area (Å²) in [6, 6.07) is 15.7. The summed E-state index contributed by atoms with van der Waals surface area (Å²) in [5, 5.41) is 14.8. The zero-order valence-electron chi connectivity index (χ0n) is 23.4. The summed E-state index contributed by atoms with van der Waals surface area (Å²) in [5.41, 5.74) is 7.16. The molecule has 1 aliphatic rings. The first kappa shape index (κ1) is 30.8. The number of rotatable bonds is 14. The molecule has 1 unspecified atom stereocenters. The van der Waals surface area contributed by atoms with Crippen LogP contribution in [0.4, 0.5) is 4.39 Å². The van der Waals surface area contributed by atoms with E-state index in [-0.39, 0.29) is 24.7 Å². The highest BCUT2D eigenvalue weighted by Crippen LogP contribution is 2.44. The van der Waals surface area contributed by atoms with Gasteiger partial charge in [-0.2, -0.15) is 0 Å². The van der Waals surface area contributed by atoms with Crippen LogP contribution < -0.4 is 11.1 Å². The van der Waals surface area contributed by atoms with E-state index in [2.05, 4.69) is 11.2 Å². The largest absolute Gasteiger partial charge is 0.391 e. The van der Waals surface area contributed by atoms with Crippen molar-refractivity contribution in [3.8, 4) is 12.3 Å². The number of nitrogens with zero attached hydrogens (tertiary/aromatic N) is 1. The standard InChI is InChI=1S/C33H40FN3O3/c1-4-15-37(16-5-2)31(39)27-17-24(6-3)20-33(21-27,32(35)40)29(19-25-11-8-7-9-12-25)30(38)23-36-22-26-13-10-14-28(34)18-26/h3,7-14,17-18,20,29-30,36,38H,4-5,15-16,19,21-23H2,1-2H3,(H2,35,40)/t29-,30+,33?/m1/s1. The number of amides is 2. The third kappa shape index (κ3) is 7.68. The van der Waals surface area contributed by atoms with Crippen LogP contribution in [0, 0.1) is 29.5 Å². The van der Waals surface area contributed by atoms with E-state index in [1.54, 1.807) is 29.2 Å². The molecule has 0 saturated carbocycles. The molecule has 212 valence electrons. The van der Waals surface area contributed by atoms with Crippen LogP contribution >= 0.6 is 0 Å². The highest BCUT2D eigenvalue weighted by molar-refractivity contribution is 5.97. The average Bonchev–Trinajstić information content (AvgIpc) is 2.95. The highest BCUT2D eigenvalue weighted by atomic mass is 19.1. The quantitative estimate of drug-likeness (QED) is 0.311. The first-order valence-corrected chi connectivity index (χ1v) is 13.9. The summed E-state index contributed by atoms with van der Waals surface area (Å²) in [6.07, 6.45) is 10.1. The summed E-state index contributed by atoms with van der Waals surface area (Å²) in [7, 11) is 0. The highest BCUT2D eigenvalue weighted by Gasteiger charge is 2.48. The Kier molecular flexibility index (Phi) is 11.2. The minimum Gasteiger partial charge on any atom is -0.391 e. The molecule has 0 spiro atoms. The number of aliphatic hydroxyl groups excluding tert-OH is 1. The number of halogens is 1. The lowest BCUT2D eigenvalue weighted by molar-refractivity contribution is -0.132. The van der Waals surface area contributed by atoms with Gasteiger partial charge >= 0.3 is 0 Å². The fourth-order valence-corrected chi connectivity index (χ4v) is 5.46. The Balaban J connectivity index is 1.98. The molecule has 6 nitrogen and oxygen atoms in total. The molecule has 40 heavy (non-hydrogen) atoms. The molecule has 0 bridgehead atoms. The number of carbonyl (C=O) groups excluding carboxylic acids is 2. The number of hydrogen-bond acceptors (Lipinski definition) is 4. The second kappa shape index (κ2) is 14.6. The molecule has 2 amide bonds. The molecule has 2 aromatic carbocycles. The van der Waals surface area contributed by atoms with Crippen molar-refractivity contribution in [2.45, 2.75) is 52.2 Å². The van der Waals surface area contributed by atoms with Gasteiger partial charge in [0.05, 0.1) is 11.5 Å². The number of hydrogen-bond donors (Lipinski definition) is 3.